The molecule has 1 aliphatic heterocycles. The van der Waals surface area contributed by atoms with Crippen molar-refractivity contribution in [3.8, 4) is 11.6 Å². The summed E-state index contributed by atoms with van der Waals surface area (Å²) in [6.07, 6.45) is 3.23. The van der Waals surface area contributed by atoms with E-state index in [1.165, 1.54) is 0 Å². The van der Waals surface area contributed by atoms with Crippen molar-refractivity contribution < 1.29 is 4.74 Å². The van der Waals surface area contributed by atoms with E-state index in [2.05, 4.69) is 32.1 Å². The number of rotatable bonds is 7. The summed E-state index contributed by atoms with van der Waals surface area (Å²) >= 11 is 0. The number of nitrogens with one attached hydrogen (secondary N) is 2. The highest BCUT2D eigenvalue weighted by Gasteiger charge is 2.19. The standard InChI is InChI=1S/C24H26N8O2/c1-3-13-31-23(33)19-16-26-24(27-17-7-9-18(34-2)10-8-17)29-22(19)32(31)21-6-4-5-20(28-21)30-14-11-25-12-15-30/h3-10,16,25H,1,11-15H2,2H3,(H,26,27,29). The zero-order chi connectivity index (χ0) is 23.5. The third-order valence-corrected chi connectivity index (χ3v) is 5.70. The maximum atomic E-state index is 13.2. The number of pyridine rings is 1. The summed E-state index contributed by atoms with van der Waals surface area (Å²) in [4.78, 5) is 29.3. The average molecular weight is 459 g/mol. The molecule has 10 heteroatoms. The summed E-state index contributed by atoms with van der Waals surface area (Å²) < 4.78 is 8.53. The van der Waals surface area contributed by atoms with E-state index in [9.17, 15) is 4.79 Å². The normalized spacial score (nSPS) is 13.7. The molecule has 1 saturated heterocycles. The van der Waals surface area contributed by atoms with Crippen molar-refractivity contribution in [2.45, 2.75) is 6.54 Å². The van der Waals surface area contributed by atoms with Gasteiger partial charge in [0.05, 0.1) is 13.7 Å². The van der Waals surface area contributed by atoms with Crippen molar-refractivity contribution in [3.05, 3.63) is 71.7 Å². The lowest BCUT2D eigenvalue weighted by Gasteiger charge is -2.28. The molecule has 4 heterocycles. The van der Waals surface area contributed by atoms with Gasteiger partial charge in [0.1, 0.15) is 17.0 Å². The van der Waals surface area contributed by atoms with Gasteiger partial charge in [-0.2, -0.15) is 4.98 Å². The van der Waals surface area contributed by atoms with Gasteiger partial charge in [0.25, 0.3) is 5.56 Å². The Bertz CT molecular complexity index is 1370. The predicted molar refractivity (Wildman–Crippen MR) is 132 cm³/mol. The van der Waals surface area contributed by atoms with Crippen molar-refractivity contribution >= 4 is 28.5 Å². The number of ether oxygens (including phenoxy) is 1. The fraction of sp³-hybridized carbons (Fsp3) is 0.250. The van der Waals surface area contributed by atoms with Crippen LogP contribution in [-0.4, -0.2) is 57.6 Å². The highest BCUT2D eigenvalue weighted by atomic mass is 16.5. The molecule has 0 aliphatic carbocycles. The monoisotopic (exact) mass is 458 g/mol. The summed E-state index contributed by atoms with van der Waals surface area (Å²) in [6, 6.07) is 13.3. The molecular formula is C24H26N8O2. The number of nitrogens with zero attached hydrogens (tertiary/aromatic N) is 6. The third-order valence-electron chi connectivity index (χ3n) is 5.70. The van der Waals surface area contributed by atoms with E-state index < -0.39 is 0 Å². The summed E-state index contributed by atoms with van der Waals surface area (Å²) in [5.74, 6) is 2.61. The molecule has 5 rings (SSSR count). The van der Waals surface area contributed by atoms with Gasteiger partial charge in [0.2, 0.25) is 5.95 Å². The molecule has 4 aromatic rings. The number of piperazine rings is 1. The maximum Gasteiger partial charge on any atom is 0.278 e. The Morgan fingerprint density at radius 3 is 2.62 bits per heavy atom. The van der Waals surface area contributed by atoms with E-state index in [1.807, 2.05) is 42.5 Å². The van der Waals surface area contributed by atoms with E-state index in [-0.39, 0.29) is 5.56 Å². The minimum absolute atomic E-state index is 0.194. The Labute approximate surface area is 196 Å². The van der Waals surface area contributed by atoms with Crippen LogP contribution >= 0.6 is 0 Å². The molecule has 10 nitrogen and oxygen atoms in total. The van der Waals surface area contributed by atoms with Gasteiger partial charge in [0, 0.05) is 38.1 Å². The van der Waals surface area contributed by atoms with Crippen LogP contribution in [0.3, 0.4) is 0 Å². The minimum atomic E-state index is -0.194. The molecule has 174 valence electrons. The minimum Gasteiger partial charge on any atom is -0.497 e. The van der Waals surface area contributed by atoms with Crippen LogP contribution in [0.5, 0.6) is 5.75 Å². The van der Waals surface area contributed by atoms with Gasteiger partial charge >= 0.3 is 0 Å². The molecule has 1 aromatic carbocycles. The molecule has 3 aromatic heterocycles. The van der Waals surface area contributed by atoms with Crippen LogP contribution in [0.1, 0.15) is 0 Å². The van der Waals surface area contributed by atoms with E-state index >= 15 is 0 Å². The van der Waals surface area contributed by atoms with Crippen LogP contribution in [0.2, 0.25) is 0 Å². The molecule has 1 aliphatic rings. The van der Waals surface area contributed by atoms with Crippen molar-refractivity contribution in [2.24, 2.45) is 0 Å². The Kier molecular flexibility index (Phi) is 5.96. The van der Waals surface area contributed by atoms with Crippen LogP contribution in [0.4, 0.5) is 17.5 Å². The summed E-state index contributed by atoms with van der Waals surface area (Å²) in [7, 11) is 1.62. The second-order valence-corrected chi connectivity index (χ2v) is 7.86. The number of fused-ring (bicyclic) bond motifs is 1. The predicted octanol–water partition coefficient (Wildman–Crippen LogP) is 2.33. The topological polar surface area (TPSA) is 102 Å². The SMILES string of the molecule is C=CCn1c(=O)c2cnc(Nc3ccc(OC)cc3)nc2n1-c1cccc(N2CCNCC2)n1. The van der Waals surface area contributed by atoms with Crippen LogP contribution in [0.25, 0.3) is 16.9 Å². The third kappa shape index (κ3) is 4.11. The fourth-order valence-corrected chi connectivity index (χ4v) is 4.01. The lowest BCUT2D eigenvalue weighted by molar-refractivity contribution is 0.415. The first-order valence-corrected chi connectivity index (χ1v) is 11.1. The van der Waals surface area contributed by atoms with Gasteiger partial charge in [-0.15, -0.1) is 6.58 Å². The van der Waals surface area contributed by atoms with Crippen LogP contribution < -0.4 is 25.8 Å². The molecule has 34 heavy (non-hydrogen) atoms. The lowest BCUT2D eigenvalue weighted by atomic mass is 10.3. The number of hydrogen-bond donors (Lipinski definition) is 2. The molecule has 0 unspecified atom stereocenters. The van der Waals surface area contributed by atoms with Gasteiger partial charge in [-0.25, -0.2) is 19.3 Å². The van der Waals surface area contributed by atoms with E-state index in [0.29, 0.717) is 29.3 Å². The maximum absolute atomic E-state index is 13.2. The van der Waals surface area contributed by atoms with Crippen molar-refractivity contribution in [1.29, 1.82) is 0 Å². The number of benzene rings is 1. The smallest absolute Gasteiger partial charge is 0.278 e. The number of methoxy groups -OCH3 is 1. The second kappa shape index (κ2) is 9.36. The number of aromatic nitrogens is 5. The summed E-state index contributed by atoms with van der Waals surface area (Å²) in [5.41, 5.74) is 1.08. The quantitative estimate of drug-likeness (QED) is 0.407. The van der Waals surface area contributed by atoms with Crippen LogP contribution in [-0.2, 0) is 6.54 Å². The molecule has 0 atom stereocenters. The molecule has 0 radical (unpaired) electrons. The Balaban J connectivity index is 1.59. The first kappa shape index (κ1) is 21.7. The summed E-state index contributed by atoms with van der Waals surface area (Å²) in [6.45, 7) is 7.70. The molecule has 0 saturated carbocycles. The van der Waals surface area contributed by atoms with Crippen LogP contribution in [0.15, 0.2) is 66.1 Å². The first-order valence-electron chi connectivity index (χ1n) is 11.1. The molecule has 0 amide bonds. The molecular weight excluding hydrogens is 432 g/mol. The number of hydrogen-bond acceptors (Lipinski definition) is 8. The first-order chi connectivity index (χ1) is 16.7. The van der Waals surface area contributed by atoms with Crippen molar-refractivity contribution in [1.82, 2.24) is 29.6 Å². The van der Waals surface area contributed by atoms with Gasteiger partial charge < -0.3 is 20.3 Å². The van der Waals surface area contributed by atoms with Gasteiger partial charge in [-0.1, -0.05) is 12.1 Å². The van der Waals surface area contributed by atoms with E-state index in [1.54, 1.807) is 28.7 Å². The lowest BCUT2D eigenvalue weighted by Crippen LogP contribution is -2.44. The molecule has 2 N–H and O–H groups in total. The van der Waals surface area contributed by atoms with Gasteiger partial charge in [-0.05, 0) is 36.4 Å². The second-order valence-electron chi connectivity index (χ2n) is 7.86. The number of allylic oxidation sites excluding steroid dienone is 1. The van der Waals surface area contributed by atoms with E-state index in [4.69, 9.17) is 9.72 Å². The van der Waals surface area contributed by atoms with Crippen molar-refractivity contribution in [2.75, 3.05) is 43.5 Å². The fourth-order valence-electron chi connectivity index (χ4n) is 4.01. The Morgan fingerprint density at radius 1 is 1.12 bits per heavy atom. The Hall–Kier alpha value is -4.18. The Morgan fingerprint density at radius 2 is 1.88 bits per heavy atom. The van der Waals surface area contributed by atoms with Crippen LogP contribution in [0, 0.1) is 0 Å². The van der Waals surface area contributed by atoms with Crippen molar-refractivity contribution in [3.63, 3.8) is 0 Å². The molecule has 0 bridgehead atoms. The number of anilines is 3. The largest absolute Gasteiger partial charge is 0.497 e. The molecule has 1 fully saturated rings. The highest BCUT2D eigenvalue weighted by molar-refractivity contribution is 5.77. The molecule has 0 spiro atoms. The summed E-state index contributed by atoms with van der Waals surface area (Å²) in [5, 5.41) is 6.96. The zero-order valence-electron chi connectivity index (χ0n) is 18.9. The zero-order valence-corrected chi connectivity index (χ0v) is 18.9. The van der Waals surface area contributed by atoms with Gasteiger partial charge in [-0.3, -0.25) is 4.79 Å². The average Bonchev–Trinajstić information content (AvgIpc) is 3.16. The van der Waals surface area contributed by atoms with Gasteiger partial charge in [0.15, 0.2) is 11.5 Å². The van der Waals surface area contributed by atoms with E-state index in [0.717, 1.165) is 43.4 Å². The highest BCUT2D eigenvalue weighted by Crippen LogP contribution is 2.21.